The Morgan fingerprint density at radius 1 is 1.12 bits per heavy atom. The predicted octanol–water partition coefficient (Wildman–Crippen LogP) is 1.69. The van der Waals surface area contributed by atoms with Gasteiger partial charge in [-0.3, -0.25) is 19.7 Å². The van der Waals surface area contributed by atoms with E-state index in [-0.39, 0.29) is 18.5 Å². The van der Waals surface area contributed by atoms with Gasteiger partial charge in [0.25, 0.3) is 11.5 Å². The van der Waals surface area contributed by atoms with Crippen molar-refractivity contribution >= 4 is 15.7 Å². The van der Waals surface area contributed by atoms with E-state index in [1.807, 2.05) is 24.3 Å². The molecule has 3 rings (SSSR count). The number of aromatic nitrogens is 1. The van der Waals surface area contributed by atoms with Gasteiger partial charge in [-0.2, -0.15) is 0 Å². The van der Waals surface area contributed by atoms with Gasteiger partial charge in [0.2, 0.25) is 0 Å². The van der Waals surface area contributed by atoms with Crippen molar-refractivity contribution in [1.29, 1.82) is 0 Å². The van der Waals surface area contributed by atoms with Gasteiger partial charge >= 0.3 is 0 Å². The minimum atomic E-state index is -3.83. The Morgan fingerprint density at radius 2 is 1.79 bits per heavy atom. The number of nitrogens with one attached hydrogen (secondary N) is 1. The summed E-state index contributed by atoms with van der Waals surface area (Å²) in [5, 5.41) is 8.92. The summed E-state index contributed by atoms with van der Waals surface area (Å²) < 4.78 is 29.5. The molecule has 180 valence electrons. The van der Waals surface area contributed by atoms with Gasteiger partial charge in [0, 0.05) is 31.6 Å². The summed E-state index contributed by atoms with van der Waals surface area (Å²) in [5.41, 5.74) is 2.66. The zero-order chi connectivity index (χ0) is 24.1. The molecule has 0 spiro atoms. The number of carbonyl (C=O) groups is 1. The number of amides is 1. The van der Waals surface area contributed by atoms with Crippen molar-refractivity contribution in [2.75, 3.05) is 32.5 Å². The Bertz CT molecular complexity index is 1120. The van der Waals surface area contributed by atoms with E-state index >= 15 is 0 Å². The number of benzene rings is 1. The van der Waals surface area contributed by atoms with Crippen LogP contribution in [-0.4, -0.2) is 66.2 Å². The molecule has 2 aromatic rings. The van der Waals surface area contributed by atoms with Gasteiger partial charge in [-0.25, -0.2) is 13.9 Å². The molecule has 1 aromatic heterocycles. The van der Waals surface area contributed by atoms with Crippen molar-refractivity contribution in [3.8, 4) is 16.9 Å². The minimum absolute atomic E-state index is 0.000100. The van der Waals surface area contributed by atoms with Crippen LogP contribution in [0.15, 0.2) is 47.4 Å². The molecule has 1 aliphatic heterocycles. The van der Waals surface area contributed by atoms with E-state index in [0.29, 0.717) is 6.61 Å². The van der Waals surface area contributed by atoms with E-state index in [1.54, 1.807) is 12.3 Å². The molecule has 2 heterocycles. The second-order valence-corrected chi connectivity index (χ2v) is 11.0. The zero-order valence-corrected chi connectivity index (χ0v) is 19.8. The first-order valence-electron chi connectivity index (χ1n) is 10.9. The molecule has 33 heavy (non-hydrogen) atoms. The average Bonchev–Trinajstić information content (AvgIpc) is 3.30. The van der Waals surface area contributed by atoms with E-state index in [2.05, 4.69) is 4.90 Å². The summed E-state index contributed by atoms with van der Waals surface area (Å²) in [6.45, 7) is 5.04. The van der Waals surface area contributed by atoms with Gasteiger partial charge in [-0.15, -0.1) is 0 Å². The number of nitrogens with zero attached hydrogens (tertiary/aromatic N) is 2. The van der Waals surface area contributed by atoms with Crippen LogP contribution >= 0.6 is 0 Å². The van der Waals surface area contributed by atoms with Crippen LogP contribution in [0.25, 0.3) is 11.1 Å². The predicted molar refractivity (Wildman–Crippen MR) is 125 cm³/mol. The van der Waals surface area contributed by atoms with E-state index in [9.17, 15) is 18.0 Å². The molecule has 0 bridgehead atoms. The topological polar surface area (TPSA) is 118 Å². The molecule has 1 aliphatic rings. The summed E-state index contributed by atoms with van der Waals surface area (Å²) in [6.07, 6.45) is 4.83. The van der Waals surface area contributed by atoms with Crippen molar-refractivity contribution < 1.29 is 23.2 Å². The first-order chi connectivity index (χ1) is 15.6. The number of carbonyl (C=O) groups excluding carboxylic acids is 1. The number of ether oxygens (including phenoxy) is 1. The highest BCUT2D eigenvalue weighted by atomic mass is 32.2. The molecular formula is C23H31N3O6S. The van der Waals surface area contributed by atoms with E-state index in [0.717, 1.165) is 42.8 Å². The van der Waals surface area contributed by atoms with Gasteiger partial charge in [-0.1, -0.05) is 12.1 Å². The van der Waals surface area contributed by atoms with Crippen LogP contribution in [0, 0.1) is 0 Å². The monoisotopic (exact) mass is 477 g/mol. The number of hydroxylamine groups is 1. The Morgan fingerprint density at radius 3 is 2.36 bits per heavy atom. The highest BCUT2D eigenvalue weighted by Crippen LogP contribution is 2.23. The minimum Gasteiger partial charge on any atom is -0.492 e. The molecule has 1 saturated heterocycles. The summed E-state index contributed by atoms with van der Waals surface area (Å²) in [7, 11) is -3.83. The van der Waals surface area contributed by atoms with Crippen molar-refractivity contribution in [3.05, 3.63) is 52.9 Å². The van der Waals surface area contributed by atoms with Crippen LogP contribution in [-0.2, 0) is 21.2 Å². The fraction of sp³-hybridized carbons (Fsp3) is 0.478. The highest BCUT2D eigenvalue weighted by Gasteiger charge is 2.43. The van der Waals surface area contributed by atoms with E-state index < -0.39 is 20.5 Å². The van der Waals surface area contributed by atoms with Crippen molar-refractivity contribution in [2.45, 2.75) is 37.5 Å². The molecule has 0 saturated carbocycles. The third-order valence-corrected chi connectivity index (χ3v) is 8.31. The number of aryl methyl sites for hydroxylation is 1. The van der Waals surface area contributed by atoms with Crippen LogP contribution in [0.5, 0.6) is 5.75 Å². The lowest BCUT2D eigenvalue weighted by Crippen LogP contribution is -2.49. The average molecular weight is 478 g/mol. The Labute approximate surface area is 193 Å². The van der Waals surface area contributed by atoms with Crippen LogP contribution < -0.4 is 15.8 Å². The van der Waals surface area contributed by atoms with Gasteiger partial charge in [0.1, 0.15) is 12.4 Å². The van der Waals surface area contributed by atoms with Crippen molar-refractivity contribution in [2.24, 2.45) is 0 Å². The quantitative estimate of drug-likeness (QED) is 0.395. The second-order valence-electron chi connectivity index (χ2n) is 8.56. The fourth-order valence-corrected chi connectivity index (χ4v) is 4.68. The van der Waals surface area contributed by atoms with Crippen LogP contribution in [0.4, 0.5) is 0 Å². The normalized spacial score (nSPS) is 16.3. The molecule has 1 atom stereocenters. The summed E-state index contributed by atoms with van der Waals surface area (Å²) >= 11 is 0. The number of hydrogen-bond acceptors (Lipinski definition) is 7. The summed E-state index contributed by atoms with van der Waals surface area (Å²) in [6, 6.07) is 10.7. The summed E-state index contributed by atoms with van der Waals surface area (Å²) in [5.74, 6) is -0.258. The molecule has 0 aliphatic carbocycles. The molecular weight excluding hydrogens is 446 g/mol. The standard InChI is InChI=1S/C23H31N3O6S/c1-23(22(28)24-29,33(2,30)31)10-14-26-13-9-19(17-21(26)27)18-5-7-20(8-6-18)32-16-15-25-11-3-4-12-25/h5-9,13,17,29H,3-4,10-12,14-16H2,1-2H3,(H,24,28). The van der Waals surface area contributed by atoms with Gasteiger partial charge < -0.3 is 9.30 Å². The van der Waals surface area contributed by atoms with Gasteiger partial charge in [0.15, 0.2) is 14.6 Å². The number of likely N-dealkylation sites (tertiary alicyclic amines) is 1. The van der Waals surface area contributed by atoms with Crippen LogP contribution in [0.3, 0.4) is 0 Å². The molecule has 1 unspecified atom stereocenters. The maximum Gasteiger partial charge on any atom is 0.264 e. The number of pyridine rings is 1. The van der Waals surface area contributed by atoms with Crippen LogP contribution in [0.1, 0.15) is 26.2 Å². The second kappa shape index (κ2) is 10.5. The highest BCUT2D eigenvalue weighted by molar-refractivity contribution is 7.92. The van der Waals surface area contributed by atoms with Gasteiger partial charge in [0.05, 0.1) is 0 Å². The SMILES string of the molecule is CC(CCn1ccc(-c2ccc(OCCN3CCCC3)cc2)cc1=O)(C(=O)NO)S(C)(=O)=O. The van der Waals surface area contributed by atoms with Crippen molar-refractivity contribution in [3.63, 3.8) is 0 Å². The largest absolute Gasteiger partial charge is 0.492 e. The first-order valence-corrected chi connectivity index (χ1v) is 12.8. The molecule has 9 nitrogen and oxygen atoms in total. The lowest BCUT2D eigenvalue weighted by atomic mass is 10.1. The fourth-order valence-electron chi connectivity index (χ4n) is 3.83. The lowest BCUT2D eigenvalue weighted by molar-refractivity contribution is -0.131. The zero-order valence-electron chi connectivity index (χ0n) is 19.0. The Kier molecular flexibility index (Phi) is 7.93. The summed E-state index contributed by atoms with van der Waals surface area (Å²) in [4.78, 5) is 26.9. The maximum absolute atomic E-state index is 12.6. The molecule has 0 radical (unpaired) electrons. The number of hydrogen-bond donors (Lipinski definition) is 2. The third-order valence-electron chi connectivity index (χ3n) is 6.29. The molecule has 2 N–H and O–H groups in total. The maximum atomic E-state index is 12.6. The van der Waals surface area contributed by atoms with Crippen molar-refractivity contribution in [1.82, 2.24) is 14.9 Å². The first kappa shape index (κ1) is 24.9. The number of rotatable bonds is 10. The van der Waals surface area contributed by atoms with E-state index in [4.69, 9.17) is 9.94 Å². The third kappa shape index (κ3) is 6.01. The van der Waals surface area contributed by atoms with E-state index in [1.165, 1.54) is 35.9 Å². The van der Waals surface area contributed by atoms with Crippen LogP contribution in [0.2, 0.25) is 0 Å². The smallest absolute Gasteiger partial charge is 0.264 e. The molecule has 1 fully saturated rings. The Balaban J connectivity index is 1.64. The number of sulfone groups is 1. The van der Waals surface area contributed by atoms with Gasteiger partial charge in [-0.05, 0) is 68.6 Å². The lowest BCUT2D eigenvalue weighted by Gasteiger charge is -2.25. The molecule has 1 amide bonds. The molecule has 1 aromatic carbocycles. The Hall–Kier alpha value is -2.69. The molecule has 10 heteroatoms.